The molecule has 2 heteroatoms. The molecule has 0 atom stereocenters. The van der Waals surface area contributed by atoms with Crippen molar-refractivity contribution in [2.45, 2.75) is 52.0 Å². The number of ketones is 1. The smallest absolute Gasteiger partial charge is 0.167 e. The van der Waals surface area contributed by atoms with Crippen LogP contribution in [0.15, 0.2) is 6.07 Å². The van der Waals surface area contributed by atoms with Crippen LogP contribution in [0.1, 0.15) is 59.9 Å². The van der Waals surface area contributed by atoms with Crippen LogP contribution in [0, 0.1) is 19.8 Å². The van der Waals surface area contributed by atoms with Gasteiger partial charge in [-0.05, 0) is 45.6 Å². The van der Waals surface area contributed by atoms with Crippen LogP contribution in [0.25, 0.3) is 0 Å². The molecule has 0 aliphatic heterocycles. The zero-order chi connectivity index (χ0) is 11.3. The van der Waals surface area contributed by atoms with Gasteiger partial charge in [0.05, 0.1) is 0 Å². The molecule has 0 aromatic carbocycles. The van der Waals surface area contributed by atoms with Gasteiger partial charge in [0.25, 0.3) is 0 Å². The number of Topliss-reactive ketones (excluding diaryl/α,β-unsaturated/α-hetero) is 1. The predicted molar refractivity (Wildman–Crippen MR) is 63.8 cm³/mol. The number of hydrogen-bond donors (Lipinski definition) is 0. The molecule has 0 unspecified atom stereocenters. The van der Waals surface area contributed by atoms with Crippen molar-refractivity contribution in [3.8, 4) is 0 Å². The van der Waals surface area contributed by atoms with Crippen LogP contribution in [0.5, 0.6) is 0 Å². The number of carbonyl (C=O) groups is 1. The van der Waals surface area contributed by atoms with E-state index < -0.39 is 0 Å². The lowest BCUT2D eigenvalue weighted by atomic mass is 9.80. The van der Waals surface area contributed by atoms with Gasteiger partial charge in [-0.15, -0.1) is 0 Å². The first-order valence-electron chi connectivity index (χ1n) is 6.41. The van der Waals surface area contributed by atoms with Crippen LogP contribution in [0.4, 0.5) is 0 Å². The number of aryl methyl sites for hydroxylation is 1. The summed E-state index contributed by atoms with van der Waals surface area (Å²) >= 11 is 0. The minimum absolute atomic E-state index is 0.327. The second kappa shape index (κ2) is 3.47. The van der Waals surface area contributed by atoms with Gasteiger partial charge >= 0.3 is 0 Å². The highest BCUT2D eigenvalue weighted by atomic mass is 16.1. The topological polar surface area (TPSA) is 22.0 Å². The van der Waals surface area contributed by atoms with E-state index in [1.807, 2.05) is 0 Å². The molecule has 2 aliphatic rings. The Balaban J connectivity index is 1.94. The summed E-state index contributed by atoms with van der Waals surface area (Å²) in [5.74, 6) is 0.722. The van der Waals surface area contributed by atoms with Gasteiger partial charge in [0.1, 0.15) is 0 Å². The molecule has 16 heavy (non-hydrogen) atoms. The normalized spacial score (nSPS) is 20.9. The van der Waals surface area contributed by atoms with Crippen molar-refractivity contribution in [3.63, 3.8) is 0 Å². The summed E-state index contributed by atoms with van der Waals surface area (Å²) in [6.07, 6.45) is 6.01. The molecule has 1 aromatic heterocycles. The summed E-state index contributed by atoms with van der Waals surface area (Å²) in [6.45, 7) is 4.24. The van der Waals surface area contributed by atoms with E-state index in [9.17, 15) is 4.79 Å². The summed E-state index contributed by atoms with van der Waals surface area (Å²) in [5.41, 5.74) is 3.47. The van der Waals surface area contributed by atoms with Crippen molar-refractivity contribution in [1.82, 2.24) is 4.57 Å². The van der Waals surface area contributed by atoms with Crippen molar-refractivity contribution in [2.24, 2.45) is 5.92 Å². The fraction of sp³-hybridized carbons (Fsp3) is 0.643. The Morgan fingerprint density at radius 1 is 1.25 bits per heavy atom. The predicted octanol–water partition coefficient (Wildman–Crippen LogP) is 3.42. The Morgan fingerprint density at radius 3 is 2.44 bits per heavy atom. The van der Waals surface area contributed by atoms with Gasteiger partial charge < -0.3 is 4.57 Å². The lowest BCUT2D eigenvalue weighted by Gasteiger charge is -2.23. The Hall–Kier alpha value is -1.05. The first kappa shape index (κ1) is 10.1. The quantitative estimate of drug-likeness (QED) is 0.711. The van der Waals surface area contributed by atoms with Crippen molar-refractivity contribution in [2.75, 3.05) is 0 Å². The lowest BCUT2D eigenvalue weighted by molar-refractivity contribution is 0.0854. The van der Waals surface area contributed by atoms with Crippen LogP contribution >= 0.6 is 0 Å². The summed E-state index contributed by atoms with van der Waals surface area (Å²) in [4.78, 5) is 12.2. The Morgan fingerprint density at radius 2 is 1.94 bits per heavy atom. The molecule has 0 bridgehead atoms. The summed E-state index contributed by atoms with van der Waals surface area (Å²) in [6, 6.07) is 2.79. The number of carbonyl (C=O) groups excluding carboxylic acids is 1. The molecule has 0 radical (unpaired) electrons. The fourth-order valence-electron chi connectivity index (χ4n) is 2.81. The molecular formula is C14H19NO. The average Bonchev–Trinajstić information content (AvgIpc) is 2.91. The van der Waals surface area contributed by atoms with Crippen LogP contribution in [0.3, 0.4) is 0 Å². The molecule has 1 aromatic rings. The molecule has 2 saturated carbocycles. The van der Waals surface area contributed by atoms with Crippen LogP contribution in [-0.2, 0) is 0 Å². The second-order valence-electron chi connectivity index (χ2n) is 5.38. The lowest BCUT2D eigenvalue weighted by Crippen LogP contribution is -2.22. The molecule has 2 aliphatic carbocycles. The number of nitrogens with zero attached hydrogens (tertiary/aromatic N) is 1. The van der Waals surface area contributed by atoms with Crippen molar-refractivity contribution >= 4 is 5.78 Å². The van der Waals surface area contributed by atoms with E-state index >= 15 is 0 Å². The molecule has 0 amide bonds. The summed E-state index contributed by atoms with van der Waals surface area (Å²) in [5, 5.41) is 0. The third kappa shape index (κ3) is 1.43. The van der Waals surface area contributed by atoms with Crippen LogP contribution in [0.2, 0.25) is 0 Å². The van der Waals surface area contributed by atoms with Gasteiger partial charge in [-0.25, -0.2) is 0 Å². The highest BCUT2D eigenvalue weighted by molar-refractivity contribution is 5.99. The Kier molecular flexibility index (Phi) is 2.20. The molecule has 2 nitrogen and oxygen atoms in total. The van der Waals surface area contributed by atoms with Gasteiger partial charge in [-0.2, -0.15) is 0 Å². The van der Waals surface area contributed by atoms with Crippen molar-refractivity contribution < 1.29 is 4.79 Å². The van der Waals surface area contributed by atoms with E-state index in [0.29, 0.717) is 17.7 Å². The maximum Gasteiger partial charge on any atom is 0.167 e. The van der Waals surface area contributed by atoms with Crippen molar-refractivity contribution in [3.05, 3.63) is 23.0 Å². The van der Waals surface area contributed by atoms with Gasteiger partial charge in [0.15, 0.2) is 5.78 Å². The molecular weight excluding hydrogens is 198 g/mol. The maximum atomic E-state index is 12.2. The zero-order valence-corrected chi connectivity index (χ0v) is 10.1. The highest BCUT2D eigenvalue weighted by Crippen LogP contribution is 2.39. The molecule has 0 N–H and O–H groups in total. The molecule has 86 valence electrons. The van der Waals surface area contributed by atoms with E-state index in [4.69, 9.17) is 0 Å². The Labute approximate surface area is 96.6 Å². The summed E-state index contributed by atoms with van der Waals surface area (Å²) in [7, 11) is 0. The SMILES string of the molecule is Cc1cc(C(=O)C2CCC2)c(C)n1C1CC1. The first-order valence-corrected chi connectivity index (χ1v) is 6.41. The van der Waals surface area contributed by atoms with E-state index in [1.54, 1.807) is 0 Å². The van der Waals surface area contributed by atoms with E-state index in [2.05, 4.69) is 24.5 Å². The van der Waals surface area contributed by atoms with E-state index in [1.165, 1.54) is 30.7 Å². The standard InChI is InChI=1S/C14H19NO/c1-9-8-13(14(16)11-4-3-5-11)10(2)15(9)12-6-7-12/h8,11-12H,3-7H2,1-2H3. The third-order valence-electron chi connectivity index (χ3n) is 4.14. The molecule has 1 heterocycles. The highest BCUT2D eigenvalue weighted by Gasteiger charge is 2.32. The summed E-state index contributed by atoms with van der Waals surface area (Å²) < 4.78 is 2.37. The van der Waals surface area contributed by atoms with Gasteiger partial charge in [0.2, 0.25) is 0 Å². The maximum absolute atomic E-state index is 12.2. The number of hydrogen-bond acceptors (Lipinski definition) is 1. The minimum atomic E-state index is 0.327. The number of rotatable bonds is 3. The van der Waals surface area contributed by atoms with Gasteiger partial charge in [-0.3, -0.25) is 4.79 Å². The number of aromatic nitrogens is 1. The fourth-order valence-corrected chi connectivity index (χ4v) is 2.81. The minimum Gasteiger partial charge on any atom is -0.345 e. The van der Waals surface area contributed by atoms with Gasteiger partial charge in [-0.1, -0.05) is 6.42 Å². The monoisotopic (exact) mass is 217 g/mol. The Bertz CT molecular complexity index is 436. The molecule has 2 fully saturated rings. The molecule has 3 rings (SSSR count). The zero-order valence-electron chi connectivity index (χ0n) is 10.1. The van der Waals surface area contributed by atoms with Crippen molar-refractivity contribution in [1.29, 1.82) is 0 Å². The molecule has 0 spiro atoms. The van der Waals surface area contributed by atoms with E-state index in [-0.39, 0.29) is 0 Å². The van der Waals surface area contributed by atoms with Gasteiger partial charge in [0, 0.05) is 28.9 Å². The average molecular weight is 217 g/mol. The largest absolute Gasteiger partial charge is 0.345 e. The van der Waals surface area contributed by atoms with E-state index in [0.717, 1.165) is 18.4 Å². The first-order chi connectivity index (χ1) is 7.68. The third-order valence-corrected chi connectivity index (χ3v) is 4.14. The second-order valence-corrected chi connectivity index (χ2v) is 5.38. The molecule has 0 saturated heterocycles. The van der Waals surface area contributed by atoms with Crippen LogP contribution in [-0.4, -0.2) is 10.4 Å². The van der Waals surface area contributed by atoms with Crippen LogP contribution < -0.4 is 0 Å².